The molecule has 3 amide bonds. The van der Waals surface area contributed by atoms with E-state index in [9.17, 15) is 9.59 Å². The number of anilines is 1. The van der Waals surface area contributed by atoms with Gasteiger partial charge in [-0.3, -0.25) is 14.7 Å². The third-order valence-electron chi connectivity index (χ3n) is 4.49. The number of urea groups is 1. The fourth-order valence-electron chi connectivity index (χ4n) is 2.93. The average Bonchev–Trinajstić information content (AvgIpc) is 3.01. The summed E-state index contributed by atoms with van der Waals surface area (Å²) in [5.41, 5.74) is 2.91. The van der Waals surface area contributed by atoms with Crippen molar-refractivity contribution in [1.29, 1.82) is 0 Å². The molecule has 0 bridgehead atoms. The van der Waals surface area contributed by atoms with Gasteiger partial charge in [0.25, 0.3) is 0 Å². The first-order valence-corrected chi connectivity index (χ1v) is 8.87. The molecule has 0 unspecified atom stereocenters. The van der Waals surface area contributed by atoms with Gasteiger partial charge in [-0.25, -0.2) is 4.79 Å². The Morgan fingerprint density at radius 3 is 2.58 bits per heavy atom. The summed E-state index contributed by atoms with van der Waals surface area (Å²) in [5, 5.41) is 2.81. The highest BCUT2D eigenvalue weighted by molar-refractivity contribution is 5.96. The van der Waals surface area contributed by atoms with Crippen LogP contribution in [0.2, 0.25) is 0 Å². The van der Waals surface area contributed by atoms with Crippen LogP contribution in [0.3, 0.4) is 0 Å². The molecular weight excluding hydrogens is 328 g/mol. The van der Waals surface area contributed by atoms with Crippen LogP contribution in [0.25, 0.3) is 0 Å². The second-order valence-electron chi connectivity index (χ2n) is 6.70. The number of hydrogen-bond donors (Lipinski definition) is 1. The summed E-state index contributed by atoms with van der Waals surface area (Å²) < 4.78 is 0. The maximum atomic E-state index is 12.6. The average molecular weight is 352 g/mol. The van der Waals surface area contributed by atoms with E-state index in [0.717, 1.165) is 11.4 Å². The van der Waals surface area contributed by atoms with Gasteiger partial charge >= 0.3 is 6.03 Å². The minimum absolute atomic E-state index is 0.0618. The first-order chi connectivity index (χ1) is 12.5. The van der Waals surface area contributed by atoms with E-state index in [-0.39, 0.29) is 18.5 Å². The van der Waals surface area contributed by atoms with Gasteiger partial charge in [0.2, 0.25) is 5.91 Å². The number of pyridine rings is 1. The Labute approximate surface area is 153 Å². The zero-order chi connectivity index (χ0) is 18.5. The van der Waals surface area contributed by atoms with E-state index in [1.165, 1.54) is 5.56 Å². The largest absolute Gasteiger partial charge is 0.349 e. The Kier molecular flexibility index (Phi) is 5.51. The molecule has 1 aromatic heterocycles. The minimum Gasteiger partial charge on any atom is -0.349 e. The van der Waals surface area contributed by atoms with Crippen molar-refractivity contribution in [3.63, 3.8) is 0 Å². The summed E-state index contributed by atoms with van der Waals surface area (Å²) in [6.45, 7) is 5.84. The molecule has 2 aromatic rings. The van der Waals surface area contributed by atoms with Crippen LogP contribution < -0.4 is 10.2 Å². The Hall–Kier alpha value is -2.89. The van der Waals surface area contributed by atoms with Gasteiger partial charge < -0.3 is 10.2 Å². The number of carbonyl (C=O) groups excluding carboxylic acids is 2. The van der Waals surface area contributed by atoms with Gasteiger partial charge in [-0.2, -0.15) is 0 Å². The number of aromatic nitrogens is 1. The van der Waals surface area contributed by atoms with Crippen molar-refractivity contribution in [3.05, 3.63) is 59.9 Å². The Morgan fingerprint density at radius 2 is 1.92 bits per heavy atom. The van der Waals surface area contributed by atoms with Crippen molar-refractivity contribution in [3.8, 4) is 0 Å². The van der Waals surface area contributed by atoms with Crippen molar-refractivity contribution in [1.82, 2.24) is 15.2 Å². The van der Waals surface area contributed by atoms with E-state index in [2.05, 4.69) is 36.3 Å². The van der Waals surface area contributed by atoms with E-state index >= 15 is 0 Å². The number of nitrogens with zero attached hydrogens (tertiary/aromatic N) is 3. The van der Waals surface area contributed by atoms with Crippen LogP contribution in [0.1, 0.15) is 31.0 Å². The van der Waals surface area contributed by atoms with Gasteiger partial charge in [0, 0.05) is 25.0 Å². The number of carbonyl (C=O) groups is 2. The highest BCUT2D eigenvalue weighted by Crippen LogP contribution is 2.23. The predicted octanol–water partition coefficient (Wildman–Crippen LogP) is 2.76. The summed E-state index contributed by atoms with van der Waals surface area (Å²) in [6.07, 6.45) is 1.69. The van der Waals surface area contributed by atoms with E-state index in [4.69, 9.17) is 0 Å². The van der Waals surface area contributed by atoms with E-state index < -0.39 is 0 Å². The highest BCUT2D eigenvalue weighted by atomic mass is 16.2. The third kappa shape index (κ3) is 4.20. The van der Waals surface area contributed by atoms with Gasteiger partial charge in [-0.05, 0) is 35.7 Å². The Bertz CT molecular complexity index is 759. The Morgan fingerprint density at radius 1 is 1.15 bits per heavy atom. The van der Waals surface area contributed by atoms with Crippen LogP contribution in [-0.4, -0.2) is 41.5 Å². The van der Waals surface area contributed by atoms with Crippen molar-refractivity contribution < 1.29 is 9.59 Å². The first kappa shape index (κ1) is 17.9. The molecule has 6 heteroatoms. The minimum atomic E-state index is -0.180. The molecule has 0 saturated carbocycles. The molecule has 6 nitrogen and oxygen atoms in total. The van der Waals surface area contributed by atoms with Gasteiger partial charge in [0.15, 0.2) is 0 Å². The quantitative estimate of drug-likeness (QED) is 0.869. The molecule has 0 aliphatic carbocycles. The van der Waals surface area contributed by atoms with Crippen molar-refractivity contribution in [2.45, 2.75) is 26.3 Å². The van der Waals surface area contributed by atoms with Crippen LogP contribution >= 0.6 is 0 Å². The molecule has 26 heavy (non-hydrogen) atoms. The molecule has 0 radical (unpaired) electrons. The van der Waals surface area contributed by atoms with E-state index in [0.29, 0.717) is 25.6 Å². The molecule has 0 spiro atoms. The normalized spacial score (nSPS) is 14.2. The zero-order valence-electron chi connectivity index (χ0n) is 15.2. The van der Waals surface area contributed by atoms with Crippen LogP contribution in [0, 0.1) is 0 Å². The molecule has 1 N–H and O–H groups in total. The van der Waals surface area contributed by atoms with E-state index in [1.54, 1.807) is 16.0 Å². The van der Waals surface area contributed by atoms with Gasteiger partial charge in [-0.15, -0.1) is 0 Å². The van der Waals surface area contributed by atoms with Crippen LogP contribution in [0.5, 0.6) is 0 Å². The second-order valence-corrected chi connectivity index (χ2v) is 6.70. The summed E-state index contributed by atoms with van der Waals surface area (Å²) >= 11 is 0. The zero-order valence-corrected chi connectivity index (χ0v) is 15.2. The standard InChI is InChI=1S/C20H24N4O2/c1-15(2)16-6-8-18(9-7-16)24-12-11-23(20(24)26)14-19(25)22-13-17-5-3-4-10-21-17/h3-10,15H,11-14H2,1-2H3,(H,22,25). The van der Waals surface area contributed by atoms with Crippen molar-refractivity contribution in [2.24, 2.45) is 0 Å². The summed E-state index contributed by atoms with van der Waals surface area (Å²) in [4.78, 5) is 32.2. The summed E-state index contributed by atoms with van der Waals surface area (Å²) in [6, 6.07) is 13.5. The number of rotatable bonds is 6. The van der Waals surface area contributed by atoms with E-state index in [1.807, 2.05) is 30.3 Å². The third-order valence-corrected chi connectivity index (χ3v) is 4.49. The smallest absolute Gasteiger partial charge is 0.325 e. The highest BCUT2D eigenvalue weighted by Gasteiger charge is 2.30. The van der Waals surface area contributed by atoms with Crippen LogP contribution in [-0.2, 0) is 11.3 Å². The molecule has 3 rings (SSSR count). The lowest BCUT2D eigenvalue weighted by atomic mass is 10.0. The van der Waals surface area contributed by atoms with Crippen molar-refractivity contribution >= 4 is 17.6 Å². The van der Waals surface area contributed by atoms with Gasteiger partial charge in [-0.1, -0.05) is 32.0 Å². The van der Waals surface area contributed by atoms with Crippen molar-refractivity contribution in [2.75, 3.05) is 24.5 Å². The fraction of sp³-hybridized carbons (Fsp3) is 0.350. The fourth-order valence-corrected chi connectivity index (χ4v) is 2.93. The topological polar surface area (TPSA) is 65.5 Å². The van der Waals surface area contributed by atoms with Gasteiger partial charge in [0.1, 0.15) is 6.54 Å². The summed E-state index contributed by atoms with van der Waals surface area (Å²) in [5.74, 6) is 0.277. The maximum Gasteiger partial charge on any atom is 0.325 e. The monoisotopic (exact) mass is 352 g/mol. The molecule has 0 atom stereocenters. The molecule has 1 aromatic carbocycles. The lowest BCUT2D eigenvalue weighted by Gasteiger charge is -2.19. The SMILES string of the molecule is CC(C)c1ccc(N2CCN(CC(=O)NCc3ccccn3)C2=O)cc1. The Balaban J connectivity index is 1.54. The molecule has 1 fully saturated rings. The number of hydrogen-bond acceptors (Lipinski definition) is 3. The lowest BCUT2D eigenvalue weighted by molar-refractivity contribution is -0.121. The number of nitrogens with one attached hydrogen (secondary N) is 1. The predicted molar refractivity (Wildman–Crippen MR) is 101 cm³/mol. The molecule has 136 valence electrons. The molecule has 2 heterocycles. The van der Waals surface area contributed by atoms with Gasteiger partial charge in [0.05, 0.1) is 12.2 Å². The van der Waals surface area contributed by atoms with Crippen LogP contribution in [0.4, 0.5) is 10.5 Å². The molecular formula is C20H24N4O2. The molecule has 1 aliphatic heterocycles. The molecule has 1 aliphatic rings. The number of benzene rings is 1. The molecule has 1 saturated heterocycles. The number of amides is 3. The lowest BCUT2D eigenvalue weighted by Crippen LogP contribution is -2.39. The van der Waals surface area contributed by atoms with Crippen LogP contribution in [0.15, 0.2) is 48.7 Å². The second kappa shape index (κ2) is 7.99. The summed E-state index contributed by atoms with van der Waals surface area (Å²) in [7, 11) is 0. The maximum absolute atomic E-state index is 12.6. The first-order valence-electron chi connectivity index (χ1n) is 8.87.